The summed E-state index contributed by atoms with van der Waals surface area (Å²) in [6, 6.07) is 15.0. The molecule has 0 spiro atoms. The SMILES string of the molecule is CN(CCCn1cc(-c2cccc(C(=O)O)n2)nn1)c1ccccc1. The van der Waals surface area contributed by atoms with Gasteiger partial charge in [-0.1, -0.05) is 29.5 Å². The van der Waals surface area contributed by atoms with E-state index in [1.165, 1.54) is 11.8 Å². The highest BCUT2D eigenvalue weighted by molar-refractivity contribution is 5.85. The molecule has 128 valence electrons. The first-order valence-electron chi connectivity index (χ1n) is 8.00. The van der Waals surface area contributed by atoms with Gasteiger partial charge in [0, 0.05) is 25.8 Å². The van der Waals surface area contributed by atoms with Crippen LogP contribution >= 0.6 is 0 Å². The highest BCUT2D eigenvalue weighted by atomic mass is 16.4. The maximum Gasteiger partial charge on any atom is 0.354 e. The number of rotatable bonds is 7. The summed E-state index contributed by atoms with van der Waals surface area (Å²) < 4.78 is 1.75. The van der Waals surface area contributed by atoms with Crippen LogP contribution in [0, 0.1) is 0 Å². The van der Waals surface area contributed by atoms with Crippen molar-refractivity contribution in [3.63, 3.8) is 0 Å². The van der Waals surface area contributed by atoms with Gasteiger partial charge in [0.2, 0.25) is 0 Å². The Bertz CT molecular complexity index is 847. The molecule has 0 fully saturated rings. The number of carboxylic acids is 1. The number of carbonyl (C=O) groups is 1. The lowest BCUT2D eigenvalue weighted by atomic mass is 10.2. The molecule has 0 atom stereocenters. The molecule has 0 aliphatic rings. The Morgan fingerprint density at radius 1 is 1.12 bits per heavy atom. The molecule has 0 radical (unpaired) electrons. The summed E-state index contributed by atoms with van der Waals surface area (Å²) >= 11 is 0. The first kappa shape index (κ1) is 16.6. The fourth-order valence-corrected chi connectivity index (χ4v) is 2.50. The van der Waals surface area contributed by atoms with Crippen LogP contribution in [0.25, 0.3) is 11.4 Å². The molecule has 7 heteroatoms. The van der Waals surface area contributed by atoms with Crippen LogP contribution in [0.1, 0.15) is 16.9 Å². The summed E-state index contributed by atoms with van der Waals surface area (Å²) in [7, 11) is 2.06. The zero-order valence-electron chi connectivity index (χ0n) is 13.9. The average molecular weight is 337 g/mol. The number of hydrogen-bond acceptors (Lipinski definition) is 5. The first-order valence-corrected chi connectivity index (χ1v) is 8.00. The van der Waals surface area contributed by atoms with Crippen molar-refractivity contribution in [3.05, 3.63) is 60.4 Å². The van der Waals surface area contributed by atoms with Crippen molar-refractivity contribution in [2.45, 2.75) is 13.0 Å². The lowest BCUT2D eigenvalue weighted by Crippen LogP contribution is -2.19. The third kappa shape index (κ3) is 4.20. The minimum Gasteiger partial charge on any atom is -0.477 e. The maximum atomic E-state index is 11.0. The van der Waals surface area contributed by atoms with Crippen LogP contribution in [0.3, 0.4) is 0 Å². The third-order valence-electron chi connectivity index (χ3n) is 3.85. The van der Waals surface area contributed by atoms with Gasteiger partial charge in [-0.3, -0.25) is 4.68 Å². The average Bonchev–Trinajstić information content (AvgIpc) is 3.11. The molecule has 1 aromatic carbocycles. The Hall–Kier alpha value is -3.22. The zero-order valence-corrected chi connectivity index (χ0v) is 13.9. The van der Waals surface area contributed by atoms with Crippen molar-refractivity contribution in [3.8, 4) is 11.4 Å². The van der Waals surface area contributed by atoms with Crippen molar-refractivity contribution >= 4 is 11.7 Å². The van der Waals surface area contributed by atoms with E-state index in [0.29, 0.717) is 11.4 Å². The number of nitrogens with zero attached hydrogens (tertiary/aromatic N) is 5. The van der Waals surface area contributed by atoms with E-state index in [9.17, 15) is 4.79 Å². The van der Waals surface area contributed by atoms with Crippen molar-refractivity contribution in [1.82, 2.24) is 20.0 Å². The highest BCUT2D eigenvalue weighted by Crippen LogP contribution is 2.14. The van der Waals surface area contributed by atoms with E-state index in [2.05, 4.69) is 39.4 Å². The monoisotopic (exact) mass is 337 g/mol. The summed E-state index contributed by atoms with van der Waals surface area (Å²) in [5, 5.41) is 17.2. The molecule has 0 bridgehead atoms. The molecule has 0 saturated heterocycles. The minimum atomic E-state index is -1.06. The van der Waals surface area contributed by atoms with Crippen LogP contribution in [0.5, 0.6) is 0 Å². The Morgan fingerprint density at radius 3 is 2.68 bits per heavy atom. The predicted octanol–water partition coefficient (Wildman–Crippen LogP) is 2.56. The molecule has 2 aromatic heterocycles. The topological polar surface area (TPSA) is 84.1 Å². The van der Waals surface area contributed by atoms with Gasteiger partial charge >= 0.3 is 5.97 Å². The summed E-state index contributed by atoms with van der Waals surface area (Å²) in [5.74, 6) is -1.06. The molecule has 0 aliphatic heterocycles. The molecule has 2 heterocycles. The molecular formula is C18H19N5O2. The van der Waals surface area contributed by atoms with Crippen LogP contribution in [-0.4, -0.2) is 44.6 Å². The second-order valence-electron chi connectivity index (χ2n) is 5.69. The quantitative estimate of drug-likeness (QED) is 0.713. The van der Waals surface area contributed by atoms with Gasteiger partial charge in [0.25, 0.3) is 0 Å². The largest absolute Gasteiger partial charge is 0.477 e. The number of hydrogen-bond donors (Lipinski definition) is 1. The van der Waals surface area contributed by atoms with Gasteiger partial charge < -0.3 is 10.0 Å². The number of aryl methyl sites for hydroxylation is 1. The van der Waals surface area contributed by atoms with Gasteiger partial charge in [-0.15, -0.1) is 5.10 Å². The number of benzene rings is 1. The Kier molecular flexibility index (Phi) is 5.03. The van der Waals surface area contributed by atoms with Gasteiger partial charge in [-0.25, -0.2) is 9.78 Å². The number of aromatic nitrogens is 4. The Labute approximate surface area is 145 Å². The van der Waals surface area contributed by atoms with Crippen LogP contribution in [0.4, 0.5) is 5.69 Å². The molecule has 0 unspecified atom stereocenters. The van der Waals surface area contributed by atoms with E-state index < -0.39 is 5.97 Å². The lowest BCUT2D eigenvalue weighted by Gasteiger charge is -2.18. The zero-order chi connectivity index (χ0) is 17.6. The van der Waals surface area contributed by atoms with E-state index in [1.807, 2.05) is 18.2 Å². The van der Waals surface area contributed by atoms with Crippen molar-refractivity contribution < 1.29 is 9.90 Å². The molecule has 0 aliphatic carbocycles. The standard InChI is InChI=1S/C18H19N5O2/c1-22(14-7-3-2-4-8-14)11-6-12-23-13-17(20-21-23)15-9-5-10-16(19-15)18(24)25/h2-5,7-10,13H,6,11-12H2,1H3,(H,24,25). The first-order chi connectivity index (χ1) is 12.1. The van der Waals surface area contributed by atoms with E-state index in [4.69, 9.17) is 5.11 Å². The molecule has 3 aromatic rings. The maximum absolute atomic E-state index is 11.0. The highest BCUT2D eigenvalue weighted by Gasteiger charge is 2.10. The lowest BCUT2D eigenvalue weighted by molar-refractivity contribution is 0.0690. The number of carboxylic acid groups (broad SMARTS) is 1. The predicted molar refractivity (Wildman–Crippen MR) is 94.5 cm³/mol. The molecule has 0 amide bonds. The van der Waals surface area contributed by atoms with Gasteiger partial charge in [0.15, 0.2) is 0 Å². The molecule has 3 rings (SSSR count). The van der Waals surface area contributed by atoms with Crippen molar-refractivity contribution in [2.75, 3.05) is 18.5 Å². The number of aromatic carboxylic acids is 1. The smallest absolute Gasteiger partial charge is 0.354 e. The summed E-state index contributed by atoms with van der Waals surface area (Å²) in [5.41, 5.74) is 2.25. The van der Waals surface area contributed by atoms with Crippen LogP contribution in [0.15, 0.2) is 54.7 Å². The molecule has 0 saturated carbocycles. The van der Waals surface area contributed by atoms with E-state index in [-0.39, 0.29) is 5.69 Å². The minimum absolute atomic E-state index is 0.00321. The molecule has 25 heavy (non-hydrogen) atoms. The summed E-state index contributed by atoms with van der Waals surface area (Å²) in [6.45, 7) is 1.62. The molecular weight excluding hydrogens is 318 g/mol. The van der Waals surface area contributed by atoms with Gasteiger partial charge in [-0.2, -0.15) is 0 Å². The molecule has 1 N–H and O–H groups in total. The number of pyridine rings is 1. The Morgan fingerprint density at radius 2 is 1.92 bits per heavy atom. The Balaban J connectivity index is 1.59. The van der Waals surface area contributed by atoms with Crippen LogP contribution in [0.2, 0.25) is 0 Å². The van der Waals surface area contributed by atoms with Gasteiger partial charge in [0.1, 0.15) is 11.4 Å². The van der Waals surface area contributed by atoms with Crippen LogP contribution in [-0.2, 0) is 6.54 Å². The third-order valence-corrected chi connectivity index (χ3v) is 3.85. The van der Waals surface area contributed by atoms with Crippen molar-refractivity contribution in [2.24, 2.45) is 0 Å². The van der Waals surface area contributed by atoms with E-state index >= 15 is 0 Å². The molecule has 7 nitrogen and oxygen atoms in total. The second kappa shape index (κ2) is 7.57. The van der Waals surface area contributed by atoms with Crippen LogP contribution < -0.4 is 4.90 Å². The fourth-order valence-electron chi connectivity index (χ4n) is 2.50. The summed E-state index contributed by atoms with van der Waals surface area (Å²) in [6.07, 6.45) is 2.70. The van der Waals surface area contributed by atoms with E-state index in [0.717, 1.165) is 19.5 Å². The number of para-hydroxylation sites is 1. The fraction of sp³-hybridized carbons (Fsp3) is 0.222. The normalized spacial score (nSPS) is 10.6. The van der Waals surface area contributed by atoms with Gasteiger partial charge in [0.05, 0.1) is 11.9 Å². The number of anilines is 1. The summed E-state index contributed by atoms with van der Waals surface area (Å²) in [4.78, 5) is 17.3. The van der Waals surface area contributed by atoms with Crippen molar-refractivity contribution in [1.29, 1.82) is 0 Å². The van der Waals surface area contributed by atoms with Gasteiger partial charge in [-0.05, 0) is 30.7 Å². The van der Waals surface area contributed by atoms with E-state index in [1.54, 1.807) is 23.0 Å². The second-order valence-corrected chi connectivity index (χ2v) is 5.69.